The van der Waals surface area contributed by atoms with Gasteiger partial charge in [0.05, 0.1) is 10.7 Å². The Balaban J connectivity index is 1.44. The Hall–Kier alpha value is -2.70. The highest BCUT2D eigenvalue weighted by Crippen LogP contribution is 2.32. The molecule has 12 heteroatoms. The summed E-state index contributed by atoms with van der Waals surface area (Å²) in [6, 6.07) is 6.00. The van der Waals surface area contributed by atoms with E-state index in [4.69, 9.17) is 0 Å². The average molecular weight is 480 g/mol. The lowest BCUT2D eigenvalue weighted by Crippen LogP contribution is -2.37. The molecule has 0 atom stereocenters. The second-order valence-corrected chi connectivity index (χ2v) is 9.23. The molecule has 1 aromatic heterocycles. The summed E-state index contributed by atoms with van der Waals surface area (Å²) >= 11 is 3.32. The first kappa shape index (κ1) is 23.0. The van der Waals surface area contributed by atoms with Crippen LogP contribution in [0.2, 0.25) is 0 Å². The van der Waals surface area contributed by atoms with E-state index in [9.17, 15) is 18.8 Å². The zero-order chi connectivity index (χ0) is 22.2. The quantitative estimate of drug-likeness (QED) is 0.304. The number of carbonyl (C=O) groups excluding carboxylic acids is 3. The van der Waals surface area contributed by atoms with Crippen molar-refractivity contribution in [3.8, 4) is 0 Å². The van der Waals surface area contributed by atoms with Crippen molar-refractivity contribution in [3.63, 3.8) is 0 Å². The van der Waals surface area contributed by atoms with Gasteiger partial charge in [-0.1, -0.05) is 47.4 Å². The minimum Gasteiger partial charge on any atom is -0.357 e. The van der Waals surface area contributed by atoms with Crippen LogP contribution in [0, 0.1) is 5.82 Å². The predicted molar refractivity (Wildman–Crippen MR) is 121 cm³/mol. The zero-order valence-electron chi connectivity index (χ0n) is 16.2. The molecule has 31 heavy (non-hydrogen) atoms. The van der Waals surface area contributed by atoms with Gasteiger partial charge >= 0.3 is 0 Å². The molecule has 0 saturated carbocycles. The maximum absolute atomic E-state index is 13.8. The Labute approximate surface area is 190 Å². The molecule has 1 aromatic carbocycles. The standard InChI is InChI=1S/C19H18FN5O3S3/c1-2-7-22-17-23-24-18(31-17)29-11-15(26)21-8-9-25-16(27)14(30-19(25)28)10-12-5-3-4-6-13(12)20/h2-6,10H,1,7-9,11H2,(H,21,26)(H,22,23)/b14-10-. The first-order valence-electron chi connectivity index (χ1n) is 9.05. The number of benzene rings is 1. The molecule has 2 heterocycles. The van der Waals surface area contributed by atoms with Gasteiger partial charge in [-0.3, -0.25) is 19.3 Å². The molecule has 1 aliphatic heterocycles. The van der Waals surface area contributed by atoms with Crippen LogP contribution in [-0.2, 0) is 9.59 Å². The Bertz CT molecular complexity index is 1030. The van der Waals surface area contributed by atoms with Crippen molar-refractivity contribution < 1.29 is 18.8 Å². The van der Waals surface area contributed by atoms with Crippen LogP contribution in [0.25, 0.3) is 6.08 Å². The van der Waals surface area contributed by atoms with Gasteiger partial charge in [0.25, 0.3) is 11.1 Å². The summed E-state index contributed by atoms with van der Waals surface area (Å²) in [5.41, 5.74) is 0.234. The number of nitrogens with zero attached hydrogens (tertiary/aromatic N) is 3. The Kier molecular flexibility index (Phi) is 8.20. The van der Waals surface area contributed by atoms with Crippen LogP contribution in [-0.4, -0.2) is 57.5 Å². The third-order valence-corrected chi connectivity index (χ3v) is 6.78. The molecule has 3 rings (SSSR count). The third-order valence-electron chi connectivity index (χ3n) is 3.85. The molecule has 0 unspecified atom stereocenters. The monoisotopic (exact) mass is 479 g/mol. The minimum atomic E-state index is -0.504. The van der Waals surface area contributed by atoms with E-state index >= 15 is 0 Å². The maximum Gasteiger partial charge on any atom is 0.293 e. The number of halogens is 1. The van der Waals surface area contributed by atoms with E-state index < -0.39 is 17.0 Å². The molecule has 2 aromatic rings. The van der Waals surface area contributed by atoms with Crippen LogP contribution < -0.4 is 10.6 Å². The van der Waals surface area contributed by atoms with E-state index in [0.29, 0.717) is 16.0 Å². The van der Waals surface area contributed by atoms with E-state index in [-0.39, 0.29) is 35.2 Å². The zero-order valence-corrected chi connectivity index (χ0v) is 18.6. The van der Waals surface area contributed by atoms with Crippen LogP contribution in [0.15, 0.2) is 46.2 Å². The van der Waals surface area contributed by atoms with Gasteiger partial charge in [0.2, 0.25) is 11.0 Å². The molecule has 3 amide bonds. The topological polar surface area (TPSA) is 104 Å². The summed E-state index contributed by atoms with van der Waals surface area (Å²) in [5.74, 6) is -1.10. The number of hydrogen-bond acceptors (Lipinski definition) is 9. The number of amides is 3. The van der Waals surface area contributed by atoms with Gasteiger partial charge < -0.3 is 10.6 Å². The summed E-state index contributed by atoms with van der Waals surface area (Å²) in [5, 5.41) is 13.8. The lowest BCUT2D eigenvalue weighted by molar-refractivity contribution is -0.123. The van der Waals surface area contributed by atoms with Gasteiger partial charge in [-0.2, -0.15) is 0 Å². The van der Waals surface area contributed by atoms with E-state index in [1.54, 1.807) is 18.2 Å². The van der Waals surface area contributed by atoms with Crippen molar-refractivity contribution >= 4 is 63.1 Å². The Morgan fingerprint density at radius 2 is 2.10 bits per heavy atom. The number of anilines is 1. The summed E-state index contributed by atoms with van der Waals surface area (Å²) in [7, 11) is 0. The fraction of sp³-hybridized carbons (Fsp3) is 0.211. The van der Waals surface area contributed by atoms with E-state index in [2.05, 4.69) is 27.4 Å². The fourth-order valence-electron chi connectivity index (χ4n) is 2.41. The predicted octanol–water partition coefficient (Wildman–Crippen LogP) is 3.22. The van der Waals surface area contributed by atoms with Crippen LogP contribution in [0.4, 0.5) is 14.3 Å². The first-order chi connectivity index (χ1) is 15.0. The van der Waals surface area contributed by atoms with Gasteiger partial charge in [-0.15, -0.1) is 16.8 Å². The number of thioether (sulfide) groups is 2. The second-order valence-electron chi connectivity index (χ2n) is 6.04. The molecule has 0 spiro atoms. The molecule has 1 saturated heterocycles. The van der Waals surface area contributed by atoms with Gasteiger partial charge in [0.1, 0.15) is 5.82 Å². The van der Waals surface area contributed by atoms with Crippen molar-refractivity contribution in [2.45, 2.75) is 4.34 Å². The summed E-state index contributed by atoms with van der Waals surface area (Å²) in [6.07, 6.45) is 3.06. The first-order valence-corrected chi connectivity index (χ1v) is 11.7. The Morgan fingerprint density at radius 3 is 2.87 bits per heavy atom. The van der Waals surface area contributed by atoms with Crippen LogP contribution >= 0.6 is 34.9 Å². The van der Waals surface area contributed by atoms with Crippen molar-refractivity contribution in [3.05, 3.63) is 53.2 Å². The normalized spacial score (nSPS) is 14.9. The van der Waals surface area contributed by atoms with Crippen molar-refractivity contribution in [2.75, 3.05) is 30.7 Å². The SMILES string of the molecule is C=CCNc1nnc(SCC(=O)NCCN2C(=O)S/C(=C\c3ccccc3F)C2=O)s1. The summed E-state index contributed by atoms with van der Waals surface area (Å²) in [4.78, 5) is 37.8. The van der Waals surface area contributed by atoms with Gasteiger partial charge in [0.15, 0.2) is 4.34 Å². The largest absolute Gasteiger partial charge is 0.357 e. The Morgan fingerprint density at radius 1 is 1.29 bits per heavy atom. The summed E-state index contributed by atoms with van der Waals surface area (Å²) < 4.78 is 14.4. The molecule has 0 radical (unpaired) electrons. The molecule has 162 valence electrons. The van der Waals surface area contributed by atoms with Gasteiger partial charge in [-0.05, 0) is 23.9 Å². The number of aromatic nitrogens is 2. The molecule has 0 bridgehead atoms. The number of hydrogen-bond donors (Lipinski definition) is 2. The smallest absolute Gasteiger partial charge is 0.293 e. The second kappa shape index (κ2) is 11.1. The van der Waals surface area contributed by atoms with E-state index in [1.165, 1.54) is 41.3 Å². The number of nitrogens with one attached hydrogen (secondary N) is 2. The molecule has 0 aliphatic carbocycles. The van der Waals surface area contributed by atoms with Crippen LogP contribution in [0.1, 0.15) is 5.56 Å². The van der Waals surface area contributed by atoms with Crippen molar-refractivity contribution in [1.82, 2.24) is 20.4 Å². The lowest BCUT2D eigenvalue weighted by atomic mass is 10.2. The van der Waals surface area contributed by atoms with E-state index in [1.807, 2.05) is 0 Å². The molecule has 1 aliphatic rings. The number of rotatable bonds is 10. The number of imide groups is 1. The van der Waals surface area contributed by atoms with Crippen LogP contribution in [0.5, 0.6) is 0 Å². The fourth-order valence-corrected chi connectivity index (χ4v) is 4.86. The minimum absolute atomic E-state index is 0.0319. The van der Waals surface area contributed by atoms with Crippen molar-refractivity contribution in [1.29, 1.82) is 0 Å². The molecule has 8 nitrogen and oxygen atoms in total. The highest BCUT2D eigenvalue weighted by atomic mass is 32.2. The average Bonchev–Trinajstić information content (AvgIpc) is 3.31. The number of carbonyl (C=O) groups is 3. The molecular weight excluding hydrogens is 461 g/mol. The van der Waals surface area contributed by atoms with E-state index in [0.717, 1.165) is 16.7 Å². The molecule has 2 N–H and O–H groups in total. The molecular formula is C19H18FN5O3S3. The molecule has 1 fully saturated rings. The highest BCUT2D eigenvalue weighted by Gasteiger charge is 2.34. The van der Waals surface area contributed by atoms with Gasteiger partial charge in [0, 0.05) is 25.2 Å². The summed E-state index contributed by atoms with van der Waals surface area (Å²) in [6.45, 7) is 4.33. The maximum atomic E-state index is 13.8. The van der Waals surface area contributed by atoms with Crippen LogP contribution in [0.3, 0.4) is 0 Å². The highest BCUT2D eigenvalue weighted by molar-refractivity contribution is 8.18. The van der Waals surface area contributed by atoms with Crippen molar-refractivity contribution in [2.24, 2.45) is 0 Å². The lowest BCUT2D eigenvalue weighted by Gasteiger charge is -2.12. The third kappa shape index (κ3) is 6.39. The van der Waals surface area contributed by atoms with Gasteiger partial charge in [-0.25, -0.2) is 4.39 Å².